The number of carbonyl (C=O) groups is 1. The monoisotopic (exact) mass is 446 g/mol. The van der Waals surface area contributed by atoms with Gasteiger partial charge in [-0.15, -0.1) is 0 Å². The maximum Gasteiger partial charge on any atom is 0.334 e. The van der Waals surface area contributed by atoms with Crippen LogP contribution in [-0.2, 0) is 37.6 Å². The summed E-state index contributed by atoms with van der Waals surface area (Å²) in [5, 5.41) is -0.0271. The highest BCUT2D eigenvalue weighted by molar-refractivity contribution is 6.74. The van der Waals surface area contributed by atoms with Crippen molar-refractivity contribution in [3.63, 3.8) is 0 Å². The molecule has 0 radical (unpaired) electrons. The molecular formula is C21H38O8Si. The van der Waals surface area contributed by atoms with Gasteiger partial charge in [0.05, 0.1) is 6.61 Å². The lowest BCUT2D eigenvalue weighted by atomic mass is 9.97. The van der Waals surface area contributed by atoms with Gasteiger partial charge in [0.15, 0.2) is 26.0 Å². The fourth-order valence-corrected chi connectivity index (χ4v) is 5.14. The molecule has 1 spiro atoms. The summed E-state index contributed by atoms with van der Waals surface area (Å²) in [6, 6.07) is 0. The highest BCUT2D eigenvalue weighted by atomic mass is 28.4. The van der Waals surface area contributed by atoms with Crippen LogP contribution in [0.2, 0.25) is 18.1 Å². The molecule has 0 amide bonds. The van der Waals surface area contributed by atoms with Gasteiger partial charge < -0.3 is 32.8 Å². The molecule has 9 heteroatoms. The van der Waals surface area contributed by atoms with Crippen molar-refractivity contribution in [3.05, 3.63) is 0 Å². The topological polar surface area (TPSA) is 81.7 Å². The van der Waals surface area contributed by atoms with Gasteiger partial charge in [0.25, 0.3) is 0 Å². The first-order valence-corrected chi connectivity index (χ1v) is 13.6. The number of hydrogen-bond donors (Lipinski definition) is 0. The average molecular weight is 447 g/mol. The number of hydrogen-bond acceptors (Lipinski definition) is 8. The molecule has 30 heavy (non-hydrogen) atoms. The van der Waals surface area contributed by atoms with Crippen molar-refractivity contribution in [1.82, 2.24) is 0 Å². The summed E-state index contributed by atoms with van der Waals surface area (Å²) < 4.78 is 42.2. The molecular weight excluding hydrogens is 408 g/mol. The first-order chi connectivity index (χ1) is 13.5. The Labute approximate surface area is 180 Å². The van der Waals surface area contributed by atoms with E-state index in [0.29, 0.717) is 0 Å². The van der Waals surface area contributed by atoms with Crippen molar-refractivity contribution in [2.45, 2.75) is 115 Å². The maximum atomic E-state index is 13.1. The van der Waals surface area contributed by atoms with Crippen LogP contribution in [0.4, 0.5) is 0 Å². The number of ether oxygens (including phenoxy) is 6. The fraction of sp³-hybridized carbons (Fsp3) is 0.952. The Morgan fingerprint density at radius 1 is 1.07 bits per heavy atom. The van der Waals surface area contributed by atoms with Crippen LogP contribution in [0.1, 0.15) is 55.4 Å². The Bertz CT molecular complexity index is 668. The molecule has 174 valence electrons. The molecule has 3 saturated heterocycles. The van der Waals surface area contributed by atoms with E-state index in [2.05, 4.69) is 33.9 Å². The second kappa shape index (κ2) is 7.50. The van der Waals surface area contributed by atoms with E-state index in [0.717, 1.165) is 0 Å². The van der Waals surface area contributed by atoms with Crippen LogP contribution in [0.5, 0.6) is 0 Å². The quantitative estimate of drug-likeness (QED) is 0.480. The van der Waals surface area contributed by atoms with Crippen LogP contribution in [0.15, 0.2) is 0 Å². The number of rotatable bonds is 4. The smallest absolute Gasteiger partial charge is 0.334 e. The zero-order valence-corrected chi connectivity index (χ0v) is 21.0. The molecule has 0 aromatic rings. The zero-order chi connectivity index (χ0) is 22.8. The Kier molecular flexibility index (Phi) is 6.03. The first kappa shape index (κ1) is 24.1. The molecule has 0 N–H and O–H groups in total. The predicted molar refractivity (Wildman–Crippen MR) is 111 cm³/mol. The lowest BCUT2D eigenvalue weighted by molar-refractivity contribution is -0.329. The molecule has 3 aliphatic rings. The fourth-order valence-electron chi connectivity index (χ4n) is 3.81. The van der Waals surface area contributed by atoms with E-state index in [9.17, 15) is 4.79 Å². The van der Waals surface area contributed by atoms with E-state index in [-0.39, 0.29) is 24.4 Å². The summed E-state index contributed by atoms with van der Waals surface area (Å²) in [6.45, 7) is 20.0. The van der Waals surface area contributed by atoms with Gasteiger partial charge in [-0.1, -0.05) is 20.8 Å². The van der Waals surface area contributed by atoms with Gasteiger partial charge in [0, 0.05) is 0 Å². The van der Waals surface area contributed by atoms with Gasteiger partial charge in [0.1, 0.15) is 24.9 Å². The SMILES string of the molecule is C[C@@H](O[Si](C)(C)C(C)(C)C)C(=O)O[C@H]1[C@@H]2OC(C)(C)O[C@@H]2CO[C@]12COC(C)(C)O2. The molecule has 0 unspecified atom stereocenters. The standard InChI is InChI=1S/C21H38O8Si/c1-13(28-30(9,10)18(2,3)4)17(22)25-16-15-14(26-20(7,8)27-15)11-23-21(16)12-24-19(5,6)29-21/h13-16H,11-12H2,1-10H3/t13-,14-,15-,16+,21+/m1/s1. The Balaban J connectivity index is 1.81. The summed E-state index contributed by atoms with van der Waals surface area (Å²) >= 11 is 0. The molecule has 0 saturated carbocycles. The molecule has 3 rings (SSSR count). The Hall–Kier alpha value is -0.553. The van der Waals surface area contributed by atoms with E-state index in [1.165, 1.54) is 0 Å². The highest BCUT2D eigenvalue weighted by Crippen LogP contribution is 2.45. The van der Waals surface area contributed by atoms with Crippen molar-refractivity contribution in [1.29, 1.82) is 0 Å². The average Bonchev–Trinajstić information content (AvgIpc) is 3.04. The number of carbonyl (C=O) groups excluding carboxylic acids is 1. The molecule has 0 bridgehead atoms. The third-order valence-electron chi connectivity index (χ3n) is 6.34. The lowest BCUT2D eigenvalue weighted by Gasteiger charge is -2.44. The van der Waals surface area contributed by atoms with E-state index < -0.39 is 50.0 Å². The van der Waals surface area contributed by atoms with E-state index in [1.807, 2.05) is 13.8 Å². The summed E-state index contributed by atoms with van der Waals surface area (Å²) in [4.78, 5) is 13.1. The van der Waals surface area contributed by atoms with Gasteiger partial charge in [-0.2, -0.15) is 0 Å². The van der Waals surface area contributed by atoms with E-state index in [1.54, 1.807) is 20.8 Å². The van der Waals surface area contributed by atoms with Gasteiger partial charge in [-0.3, -0.25) is 0 Å². The van der Waals surface area contributed by atoms with Crippen molar-refractivity contribution in [2.75, 3.05) is 13.2 Å². The molecule has 0 aromatic carbocycles. The van der Waals surface area contributed by atoms with Crippen molar-refractivity contribution in [3.8, 4) is 0 Å². The van der Waals surface area contributed by atoms with Gasteiger partial charge in [0.2, 0.25) is 5.79 Å². The highest BCUT2D eigenvalue weighted by Gasteiger charge is 2.64. The maximum absolute atomic E-state index is 13.1. The summed E-state index contributed by atoms with van der Waals surface area (Å²) in [7, 11) is -2.15. The van der Waals surface area contributed by atoms with Crippen LogP contribution in [0, 0.1) is 0 Å². The molecule has 3 heterocycles. The largest absolute Gasteiger partial charge is 0.452 e. The van der Waals surface area contributed by atoms with Gasteiger partial charge >= 0.3 is 5.97 Å². The van der Waals surface area contributed by atoms with Crippen LogP contribution in [0.25, 0.3) is 0 Å². The normalized spacial score (nSPS) is 36.5. The van der Waals surface area contributed by atoms with Crippen LogP contribution < -0.4 is 0 Å². The van der Waals surface area contributed by atoms with Crippen molar-refractivity contribution >= 4 is 14.3 Å². The summed E-state index contributed by atoms with van der Waals surface area (Å²) in [5.74, 6) is -3.40. The van der Waals surface area contributed by atoms with Crippen LogP contribution >= 0.6 is 0 Å². The molecule has 0 aromatic heterocycles. The third kappa shape index (κ3) is 4.62. The van der Waals surface area contributed by atoms with E-state index >= 15 is 0 Å². The molecule has 5 atom stereocenters. The summed E-state index contributed by atoms with van der Waals surface area (Å²) in [6.07, 6.45) is -2.48. The number of esters is 1. The predicted octanol–water partition coefficient (Wildman–Crippen LogP) is 3.34. The van der Waals surface area contributed by atoms with E-state index in [4.69, 9.17) is 32.8 Å². The minimum Gasteiger partial charge on any atom is -0.452 e. The third-order valence-corrected chi connectivity index (χ3v) is 10.9. The minimum atomic E-state index is -2.15. The lowest BCUT2D eigenvalue weighted by Crippen LogP contribution is -2.63. The second-order valence-electron chi connectivity index (χ2n) is 10.9. The van der Waals surface area contributed by atoms with Gasteiger partial charge in [-0.25, -0.2) is 4.79 Å². The Morgan fingerprint density at radius 3 is 2.23 bits per heavy atom. The molecule has 8 nitrogen and oxygen atoms in total. The zero-order valence-electron chi connectivity index (χ0n) is 20.0. The Morgan fingerprint density at radius 2 is 1.70 bits per heavy atom. The van der Waals surface area contributed by atoms with Gasteiger partial charge in [-0.05, 0) is 52.8 Å². The first-order valence-electron chi connectivity index (χ1n) is 10.7. The van der Waals surface area contributed by atoms with Crippen LogP contribution in [0.3, 0.4) is 0 Å². The summed E-state index contributed by atoms with van der Waals surface area (Å²) in [5.41, 5.74) is 0. The van der Waals surface area contributed by atoms with Crippen molar-refractivity contribution < 1.29 is 37.6 Å². The number of fused-ring (bicyclic) bond motifs is 1. The van der Waals surface area contributed by atoms with Crippen LogP contribution in [-0.4, -0.2) is 69.3 Å². The molecule has 3 aliphatic heterocycles. The van der Waals surface area contributed by atoms with Crippen molar-refractivity contribution in [2.24, 2.45) is 0 Å². The molecule has 0 aliphatic carbocycles. The molecule has 3 fully saturated rings. The second-order valence-corrected chi connectivity index (χ2v) is 15.7. The minimum absolute atomic E-state index is 0.0271.